The van der Waals surface area contributed by atoms with E-state index in [0.717, 1.165) is 12.2 Å². The van der Waals surface area contributed by atoms with Gasteiger partial charge < -0.3 is 20.0 Å². The van der Waals surface area contributed by atoms with E-state index in [-0.39, 0.29) is 18.5 Å². The van der Waals surface area contributed by atoms with Gasteiger partial charge in [0.05, 0.1) is 12.3 Å². The van der Waals surface area contributed by atoms with Crippen LogP contribution < -0.4 is 10.6 Å². The molecular weight excluding hydrogens is 328 g/mol. The van der Waals surface area contributed by atoms with Gasteiger partial charge in [0.2, 0.25) is 5.91 Å². The third-order valence-corrected chi connectivity index (χ3v) is 4.12. The lowest BCUT2D eigenvalue weighted by Crippen LogP contribution is -2.40. The molecule has 6 heteroatoms. The molecule has 2 N–H and O–H groups in total. The molecule has 0 fully saturated rings. The Morgan fingerprint density at radius 3 is 2.65 bits per heavy atom. The Labute approximate surface area is 155 Å². The third kappa shape index (κ3) is 5.95. The first-order chi connectivity index (χ1) is 12.5. The molecule has 0 aliphatic carbocycles. The van der Waals surface area contributed by atoms with Crippen LogP contribution in [0.3, 0.4) is 0 Å². The lowest BCUT2D eigenvalue weighted by Gasteiger charge is -2.20. The summed E-state index contributed by atoms with van der Waals surface area (Å²) in [5.74, 6) is 1.48. The van der Waals surface area contributed by atoms with Gasteiger partial charge in [0.1, 0.15) is 12.3 Å². The molecule has 0 aliphatic heterocycles. The van der Waals surface area contributed by atoms with E-state index in [4.69, 9.17) is 4.42 Å². The van der Waals surface area contributed by atoms with E-state index < -0.39 is 0 Å². The molecule has 1 aromatic carbocycles. The zero-order chi connectivity index (χ0) is 18.9. The van der Waals surface area contributed by atoms with Crippen LogP contribution in [0.4, 0.5) is 0 Å². The number of nitrogens with one attached hydrogen (secondary N) is 2. The fourth-order valence-corrected chi connectivity index (χ4v) is 2.56. The highest BCUT2D eigenvalue weighted by Gasteiger charge is 2.11. The minimum absolute atomic E-state index is 0.0410. The molecule has 1 unspecified atom stereocenters. The van der Waals surface area contributed by atoms with E-state index in [2.05, 4.69) is 41.6 Å². The predicted octanol–water partition coefficient (Wildman–Crippen LogP) is 2.52. The summed E-state index contributed by atoms with van der Waals surface area (Å²) in [5.41, 5.74) is 2.42. The highest BCUT2D eigenvalue weighted by molar-refractivity contribution is 5.85. The van der Waals surface area contributed by atoms with E-state index in [1.165, 1.54) is 16.0 Å². The van der Waals surface area contributed by atoms with E-state index in [1.807, 2.05) is 24.3 Å². The summed E-state index contributed by atoms with van der Waals surface area (Å²) in [7, 11) is 3.45. The van der Waals surface area contributed by atoms with Crippen molar-refractivity contribution in [3.8, 4) is 0 Å². The Hall–Kier alpha value is -2.76. The summed E-state index contributed by atoms with van der Waals surface area (Å²) in [6.07, 6.45) is 2.41. The highest BCUT2D eigenvalue weighted by Crippen LogP contribution is 2.16. The number of amides is 1. The molecule has 2 rings (SSSR count). The monoisotopic (exact) mass is 356 g/mol. The van der Waals surface area contributed by atoms with Crippen LogP contribution in [0, 0.1) is 6.92 Å². The van der Waals surface area contributed by atoms with Gasteiger partial charge >= 0.3 is 0 Å². The number of benzene rings is 1. The maximum Gasteiger partial charge on any atom is 0.243 e. The van der Waals surface area contributed by atoms with Gasteiger partial charge in [-0.1, -0.05) is 24.3 Å². The SMILES string of the molecule is Cc1ccccc1C(C)NC(=NCC(=O)N(C)C)NCCc1ccco1. The summed E-state index contributed by atoms with van der Waals surface area (Å²) < 4.78 is 5.35. The number of aryl methyl sites for hydroxylation is 1. The van der Waals surface area contributed by atoms with E-state index in [0.29, 0.717) is 12.5 Å². The van der Waals surface area contributed by atoms with Gasteiger partial charge in [-0.2, -0.15) is 0 Å². The average Bonchev–Trinajstić information content (AvgIpc) is 3.12. The van der Waals surface area contributed by atoms with Crippen LogP contribution in [0.5, 0.6) is 0 Å². The zero-order valence-corrected chi connectivity index (χ0v) is 16.0. The van der Waals surface area contributed by atoms with Crippen molar-refractivity contribution in [3.63, 3.8) is 0 Å². The van der Waals surface area contributed by atoms with E-state index in [1.54, 1.807) is 20.4 Å². The number of carbonyl (C=O) groups is 1. The molecule has 0 saturated carbocycles. The Morgan fingerprint density at radius 2 is 2.00 bits per heavy atom. The molecule has 1 aromatic heterocycles. The van der Waals surface area contributed by atoms with Crippen molar-refractivity contribution in [2.45, 2.75) is 26.3 Å². The second kappa shape index (κ2) is 9.65. The number of rotatable bonds is 7. The lowest BCUT2D eigenvalue weighted by atomic mass is 10.0. The molecule has 0 aliphatic rings. The molecule has 0 bridgehead atoms. The second-order valence-electron chi connectivity index (χ2n) is 6.43. The van der Waals surface area contributed by atoms with Gasteiger partial charge in [-0.25, -0.2) is 4.99 Å². The number of hydrogen-bond acceptors (Lipinski definition) is 3. The van der Waals surface area contributed by atoms with E-state index in [9.17, 15) is 4.79 Å². The van der Waals surface area contributed by atoms with Crippen LogP contribution in [0.15, 0.2) is 52.1 Å². The first-order valence-corrected chi connectivity index (χ1v) is 8.80. The fraction of sp³-hybridized carbons (Fsp3) is 0.400. The molecule has 1 heterocycles. The standard InChI is InChI=1S/C20H28N4O2/c1-15-8-5-6-10-18(15)16(2)23-20(22-14-19(25)24(3)4)21-12-11-17-9-7-13-26-17/h5-10,13,16H,11-12,14H2,1-4H3,(H2,21,22,23). The fourth-order valence-electron chi connectivity index (χ4n) is 2.56. The van der Waals surface area contributed by atoms with Gasteiger partial charge in [0.25, 0.3) is 0 Å². The maximum atomic E-state index is 11.9. The van der Waals surface area contributed by atoms with Crippen LogP contribution >= 0.6 is 0 Å². The summed E-state index contributed by atoms with van der Waals surface area (Å²) in [6, 6.07) is 12.1. The lowest BCUT2D eigenvalue weighted by molar-refractivity contribution is -0.127. The number of aliphatic imine (C=N–C) groups is 1. The largest absolute Gasteiger partial charge is 0.469 e. The zero-order valence-electron chi connectivity index (χ0n) is 16.0. The molecule has 6 nitrogen and oxygen atoms in total. The van der Waals surface area contributed by atoms with Crippen molar-refractivity contribution in [2.24, 2.45) is 4.99 Å². The van der Waals surface area contributed by atoms with Crippen molar-refractivity contribution in [2.75, 3.05) is 27.2 Å². The van der Waals surface area contributed by atoms with Crippen molar-refractivity contribution >= 4 is 11.9 Å². The normalized spacial score (nSPS) is 12.5. The summed E-state index contributed by atoms with van der Waals surface area (Å²) in [4.78, 5) is 17.8. The Balaban J connectivity index is 2.02. The molecule has 26 heavy (non-hydrogen) atoms. The maximum absolute atomic E-state index is 11.9. The second-order valence-corrected chi connectivity index (χ2v) is 6.43. The first-order valence-electron chi connectivity index (χ1n) is 8.80. The predicted molar refractivity (Wildman–Crippen MR) is 104 cm³/mol. The molecular formula is C20H28N4O2. The quantitative estimate of drug-likeness (QED) is 0.591. The summed E-state index contributed by atoms with van der Waals surface area (Å²) in [6.45, 7) is 4.93. The minimum atomic E-state index is -0.0410. The summed E-state index contributed by atoms with van der Waals surface area (Å²) in [5, 5.41) is 6.67. The van der Waals surface area contributed by atoms with Gasteiger partial charge in [0.15, 0.2) is 5.96 Å². The van der Waals surface area contributed by atoms with Crippen LogP contribution in [-0.4, -0.2) is 44.0 Å². The average molecular weight is 356 g/mol. The minimum Gasteiger partial charge on any atom is -0.469 e. The molecule has 2 aromatic rings. The molecule has 0 spiro atoms. The van der Waals surface area contributed by atoms with Gasteiger partial charge in [-0.05, 0) is 37.1 Å². The highest BCUT2D eigenvalue weighted by atomic mass is 16.3. The number of guanidine groups is 1. The van der Waals surface area contributed by atoms with Crippen LogP contribution in [0.25, 0.3) is 0 Å². The topological polar surface area (TPSA) is 69.9 Å². The molecule has 1 amide bonds. The Bertz CT molecular complexity index is 723. The van der Waals surface area contributed by atoms with Crippen LogP contribution in [-0.2, 0) is 11.2 Å². The molecule has 0 radical (unpaired) electrons. The smallest absolute Gasteiger partial charge is 0.243 e. The van der Waals surface area contributed by atoms with Crippen LogP contribution in [0.1, 0.15) is 29.9 Å². The van der Waals surface area contributed by atoms with Crippen molar-refractivity contribution < 1.29 is 9.21 Å². The van der Waals surface area contributed by atoms with Crippen molar-refractivity contribution in [1.82, 2.24) is 15.5 Å². The van der Waals surface area contributed by atoms with Crippen molar-refractivity contribution in [3.05, 3.63) is 59.5 Å². The number of carbonyl (C=O) groups excluding carboxylic acids is 1. The van der Waals surface area contributed by atoms with Gasteiger partial charge in [-0.15, -0.1) is 0 Å². The Morgan fingerprint density at radius 1 is 1.23 bits per heavy atom. The summed E-state index contributed by atoms with van der Waals surface area (Å²) >= 11 is 0. The number of likely N-dealkylation sites (N-methyl/N-ethyl adjacent to an activating group) is 1. The molecule has 140 valence electrons. The molecule has 0 saturated heterocycles. The third-order valence-electron chi connectivity index (χ3n) is 4.12. The number of nitrogens with zero attached hydrogens (tertiary/aromatic N) is 2. The number of furan rings is 1. The van der Waals surface area contributed by atoms with Gasteiger partial charge in [0, 0.05) is 27.1 Å². The molecule has 1 atom stereocenters. The number of hydrogen-bond donors (Lipinski definition) is 2. The van der Waals surface area contributed by atoms with E-state index >= 15 is 0 Å². The Kier molecular flexibility index (Phi) is 7.26. The van der Waals surface area contributed by atoms with Crippen molar-refractivity contribution in [1.29, 1.82) is 0 Å². The first kappa shape index (κ1) is 19.6. The van der Waals surface area contributed by atoms with Gasteiger partial charge in [-0.3, -0.25) is 4.79 Å². The van der Waals surface area contributed by atoms with Crippen LogP contribution in [0.2, 0.25) is 0 Å².